The van der Waals surface area contributed by atoms with Crippen LogP contribution in [0.3, 0.4) is 0 Å². The molecule has 1 aliphatic rings. The summed E-state index contributed by atoms with van der Waals surface area (Å²) in [4.78, 5) is 27.9. The first-order valence-corrected chi connectivity index (χ1v) is 9.48. The summed E-state index contributed by atoms with van der Waals surface area (Å²) >= 11 is 5.93. The Bertz CT molecular complexity index is 822. The van der Waals surface area contributed by atoms with Crippen molar-refractivity contribution in [1.29, 1.82) is 0 Å². The summed E-state index contributed by atoms with van der Waals surface area (Å²) in [5.41, 5.74) is 2.74. The van der Waals surface area contributed by atoms with E-state index in [1.165, 1.54) is 0 Å². The highest BCUT2D eigenvalue weighted by Crippen LogP contribution is 2.22. The van der Waals surface area contributed by atoms with Gasteiger partial charge in [0.1, 0.15) is 0 Å². The van der Waals surface area contributed by atoms with Gasteiger partial charge in [-0.2, -0.15) is 0 Å². The van der Waals surface area contributed by atoms with Crippen LogP contribution in [0.15, 0.2) is 48.5 Å². The molecule has 0 aliphatic carbocycles. The van der Waals surface area contributed by atoms with Gasteiger partial charge in [0.2, 0.25) is 5.91 Å². The summed E-state index contributed by atoms with van der Waals surface area (Å²) in [5.74, 6) is 0.195. The van der Waals surface area contributed by atoms with Crippen LogP contribution in [0, 0.1) is 0 Å². The third kappa shape index (κ3) is 4.80. The van der Waals surface area contributed by atoms with E-state index in [0.29, 0.717) is 18.0 Å². The molecule has 1 N–H and O–H groups in total. The molecule has 2 aromatic rings. The van der Waals surface area contributed by atoms with Crippen molar-refractivity contribution in [3.63, 3.8) is 0 Å². The number of nitrogens with one attached hydrogen (secondary N) is 1. The summed E-state index contributed by atoms with van der Waals surface area (Å²) in [5, 5.41) is 3.61. The summed E-state index contributed by atoms with van der Waals surface area (Å²) in [6.45, 7) is 3.36. The van der Waals surface area contributed by atoms with Gasteiger partial charge >= 0.3 is 6.03 Å². The maximum Gasteiger partial charge on any atom is 0.322 e. The summed E-state index contributed by atoms with van der Waals surface area (Å²) < 4.78 is 0. The number of urea groups is 1. The van der Waals surface area contributed by atoms with Gasteiger partial charge in [-0.15, -0.1) is 0 Å². The standard InChI is InChI=1S/C21H24ClN3O2/c1-15(17-8-10-18(22)11-9-17)24(2)21(27)23-19-6-3-5-16(13-19)14-25-12-4-7-20(25)26/h3,5-6,8-11,13,15H,4,7,12,14H2,1-2H3,(H,23,27). The minimum atomic E-state index is -0.188. The molecule has 27 heavy (non-hydrogen) atoms. The van der Waals surface area contributed by atoms with Crippen LogP contribution >= 0.6 is 11.6 Å². The van der Waals surface area contributed by atoms with Gasteiger partial charge in [0.15, 0.2) is 0 Å². The number of amides is 3. The van der Waals surface area contributed by atoms with Crippen molar-refractivity contribution in [2.45, 2.75) is 32.4 Å². The first-order valence-electron chi connectivity index (χ1n) is 9.10. The zero-order chi connectivity index (χ0) is 19.4. The molecule has 1 aliphatic heterocycles. The van der Waals surface area contributed by atoms with Crippen molar-refractivity contribution in [3.8, 4) is 0 Å². The third-order valence-corrected chi connectivity index (χ3v) is 5.23. The van der Waals surface area contributed by atoms with E-state index in [2.05, 4.69) is 5.32 Å². The van der Waals surface area contributed by atoms with E-state index in [0.717, 1.165) is 29.8 Å². The van der Waals surface area contributed by atoms with Gasteiger partial charge in [-0.3, -0.25) is 4.79 Å². The minimum Gasteiger partial charge on any atom is -0.338 e. The largest absolute Gasteiger partial charge is 0.338 e. The van der Waals surface area contributed by atoms with Gasteiger partial charge in [0.25, 0.3) is 0 Å². The molecule has 0 aromatic heterocycles. The molecule has 0 radical (unpaired) electrons. The fourth-order valence-corrected chi connectivity index (χ4v) is 3.32. The number of rotatable bonds is 5. The zero-order valence-electron chi connectivity index (χ0n) is 15.6. The van der Waals surface area contributed by atoms with Crippen molar-refractivity contribution in [3.05, 3.63) is 64.7 Å². The number of anilines is 1. The highest BCUT2D eigenvalue weighted by Gasteiger charge is 2.21. The van der Waals surface area contributed by atoms with Crippen LogP contribution < -0.4 is 5.32 Å². The normalized spacial score (nSPS) is 14.9. The number of hydrogen-bond donors (Lipinski definition) is 1. The maximum absolute atomic E-state index is 12.6. The number of hydrogen-bond acceptors (Lipinski definition) is 2. The van der Waals surface area contributed by atoms with Gasteiger partial charge in [-0.1, -0.05) is 35.9 Å². The van der Waals surface area contributed by atoms with E-state index >= 15 is 0 Å². The lowest BCUT2D eigenvalue weighted by atomic mass is 10.1. The Balaban J connectivity index is 1.63. The molecule has 3 amide bonds. The molecule has 142 valence electrons. The van der Waals surface area contributed by atoms with Crippen molar-refractivity contribution in [1.82, 2.24) is 9.80 Å². The average Bonchev–Trinajstić information content (AvgIpc) is 3.06. The second kappa shape index (κ2) is 8.44. The Morgan fingerprint density at radius 2 is 2.00 bits per heavy atom. The van der Waals surface area contributed by atoms with Crippen LogP contribution in [-0.4, -0.2) is 35.3 Å². The number of nitrogens with zero attached hydrogens (tertiary/aromatic N) is 2. The predicted molar refractivity (Wildman–Crippen MR) is 108 cm³/mol. The summed E-state index contributed by atoms with van der Waals surface area (Å²) in [6.07, 6.45) is 1.55. The first-order chi connectivity index (χ1) is 12.9. The van der Waals surface area contributed by atoms with Crippen molar-refractivity contribution in [2.75, 3.05) is 18.9 Å². The molecule has 1 unspecified atom stereocenters. The van der Waals surface area contributed by atoms with Gasteiger partial charge < -0.3 is 15.1 Å². The monoisotopic (exact) mass is 385 g/mol. The van der Waals surface area contributed by atoms with Crippen LogP contribution in [0.25, 0.3) is 0 Å². The van der Waals surface area contributed by atoms with Crippen LogP contribution in [0.4, 0.5) is 10.5 Å². The molecule has 6 heteroatoms. The number of likely N-dealkylation sites (tertiary alicyclic amines) is 1. The molecule has 1 saturated heterocycles. The number of halogens is 1. The van der Waals surface area contributed by atoms with E-state index in [-0.39, 0.29) is 18.0 Å². The van der Waals surface area contributed by atoms with Crippen molar-refractivity contribution in [2.24, 2.45) is 0 Å². The Kier molecular flexibility index (Phi) is 6.01. The van der Waals surface area contributed by atoms with Crippen LogP contribution in [0.2, 0.25) is 5.02 Å². The second-order valence-electron chi connectivity index (χ2n) is 6.89. The topological polar surface area (TPSA) is 52.7 Å². The van der Waals surface area contributed by atoms with Crippen molar-refractivity contribution < 1.29 is 9.59 Å². The van der Waals surface area contributed by atoms with Crippen LogP contribution in [-0.2, 0) is 11.3 Å². The lowest BCUT2D eigenvalue weighted by Crippen LogP contribution is -2.33. The molecule has 5 nitrogen and oxygen atoms in total. The first kappa shape index (κ1) is 19.2. The van der Waals surface area contributed by atoms with E-state index in [1.54, 1.807) is 11.9 Å². The number of benzene rings is 2. The lowest BCUT2D eigenvalue weighted by Gasteiger charge is -2.26. The number of carbonyl (C=O) groups is 2. The Morgan fingerprint density at radius 3 is 2.67 bits per heavy atom. The summed E-state index contributed by atoms with van der Waals surface area (Å²) in [6, 6.07) is 14.9. The van der Waals surface area contributed by atoms with E-state index in [4.69, 9.17) is 11.6 Å². The number of carbonyl (C=O) groups excluding carboxylic acids is 2. The Morgan fingerprint density at radius 1 is 1.26 bits per heavy atom. The molecule has 0 bridgehead atoms. The van der Waals surface area contributed by atoms with Crippen molar-refractivity contribution >= 4 is 29.2 Å². The highest BCUT2D eigenvalue weighted by atomic mass is 35.5. The second-order valence-corrected chi connectivity index (χ2v) is 7.32. The lowest BCUT2D eigenvalue weighted by molar-refractivity contribution is -0.128. The molecule has 1 fully saturated rings. The quantitative estimate of drug-likeness (QED) is 0.811. The van der Waals surface area contributed by atoms with E-state index < -0.39 is 0 Å². The van der Waals surface area contributed by atoms with Crippen LogP contribution in [0.5, 0.6) is 0 Å². The van der Waals surface area contributed by atoms with Gasteiger partial charge in [-0.25, -0.2) is 4.79 Å². The van der Waals surface area contributed by atoms with Crippen LogP contribution in [0.1, 0.15) is 36.9 Å². The molecule has 1 heterocycles. The smallest absolute Gasteiger partial charge is 0.322 e. The minimum absolute atomic E-state index is 0.0901. The third-order valence-electron chi connectivity index (χ3n) is 4.98. The van der Waals surface area contributed by atoms with Gasteiger partial charge in [0, 0.05) is 37.3 Å². The molecule has 0 spiro atoms. The molecular formula is C21H24ClN3O2. The van der Waals surface area contributed by atoms with E-state index in [1.807, 2.05) is 60.4 Å². The van der Waals surface area contributed by atoms with Gasteiger partial charge in [0.05, 0.1) is 6.04 Å². The fraction of sp³-hybridized carbons (Fsp3) is 0.333. The van der Waals surface area contributed by atoms with E-state index in [9.17, 15) is 9.59 Å². The molecule has 1 atom stereocenters. The summed E-state index contributed by atoms with van der Waals surface area (Å²) in [7, 11) is 1.77. The molecule has 3 rings (SSSR count). The van der Waals surface area contributed by atoms with Gasteiger partial charge in [-0.05, 0) is 48.7 Å². The molecular weight excluding hydrogens is 362 g/mol. The zero-order valence-corrected chi connectivity index (χ0v) is 16.4. The maximum atomic E-state index is 12.6. The molecule has 2 aromatic carbocycles. The average molecular weight is 386 g/mol. The molecule has 0 saturated carbocycles. The highest BCUT2D eigenvalue weighted by molar-refractivity contribution is 6.30. The fourth-order valence-electron chi connectivity index (χ4n) is 3.19. The Labute approximate surface area is 164 Å². The predicted octanol–water partition coefficient (Wildman–Crippen LogP) is 4.69. The Hall–Kier alpha value is -2.53. The SMILES string of the molecule is CC(c1ccc(Cl)cc1)N(C)C(=O)Nc1cccc(CN2CCCC2=O)c1.